The molecule has 2 unspecified atom stereocenters. The number of hydrogen-bond acceptors (Lipinski definition) is 8. The van der Waals surface area contributed by atoms with Gasteiger partial charge < -0.3 is 29.1 Å². The van der Waals surface area contributed by atoms with Crippen LogP contribution in [0.3, 0.4) is 0 Å². The molecule has 4 aliphatic rings. The van der Waals surface area contributed by atoms with Gasteiger partial charge >= 0.3 is 5.97 Å². The first-order chi connectivity index (χ1) is 17.8. The Bertz CT molecular complexity index is 891. The van der Waals surface area contributed by atoms with Crippen LogP contribution in [-0.2, 0) is 28.6 Å². The Balaban J connectivity index is 1.63. The molecule has 4 saturated heterocycles. The fourth-order valence-corrected chi connectivity index (χ4v) is 6.64. The molecule has 206 valence electrons. The van der Waals surface area contributed by atoms with Gasteiger partial charge in [-0.2, -0.15) is 0 Å². The number of aliphatic hydroxyl groups excluding tert-OH is 1. The molecule has 10 nitrogen and oxygen atoms in total. The molecule has 0 radical (unpaired) electrons. The molecular weight excluding hydrogens is 478 g/mol. The predicted octanol–water partition coefficient (Wildman–Crippen LogP) is 0.600. The van der Waals surface area contributed by atoms with Gasteiger partial charge in [0, 0.05) is 45.9 Å². The number of carbonyl (C=O) groups is 3. The van der Waals surface area contributed by atoms with E-state index >= 15 is 0 Å². The molecule has 4 rings (SSSR count). The van der Waals surface area contributed by atoms with Crippen molar-refractivity contribution in [2.75, 3.05) is 65.7 Å². The van der Waals surface area contributed by atoms with E-state index < -0.39 is 35.0 Å². The molecule has 4 aliphatic heterocycles. The van der Waals surface area contributed by atoms with Gasteiger partial charge in [-0.05, 0) is 32.6 Å². The maximum Gasteiger partial charge on any atom is 0.313 e. The van der Waals surface area contributed by atoms with Crippen molar-refractivity contribution >= 4 is 17.8 Å². The lowest BCUT2D eigenvalue weighted by Gasteiger charge is -2.37. The summed E-state index contributed by atoms with van der Waals surface area (Å²) >= 11 is 0. The average Bonchev–Trinajstić information content (AvgIpc) is 3.46. The molecule has 0 aromatic rings. The number of ether oxygens (including phenoxy) is 3. The van der Waals surface area contributed by atoms with Crippen LogP contribution in [0.5, 0.6) is 0 Å². The third-order valence-electron chi connectivity index (χ3n) is 8.37. The van der Waals surface area contributed by atoms with E-state index in [0.29, 0.717) is 65.1 Å². The van der Waals surface area contributed by atoms with Gasteiger partial charge in [0.25, 0.3) is 0 Å². The Morgan fingerprint density at radius 2 is 1.95 bits per heavy atom. The van der Waals surface area contributed by atoms with Crippen molar-refractivity contribution in [2.24, 2.45) is 11.8 Å². The third-order valence-corrected chi connectivity index (χ3v) is 8.37. The molecule has 0 saturated carbocycles. The SMILES string of the molecule is C=CCOC(=O)[C@@H]1[C@H]2C(=O)N(CCCCO)C(C(=O)N(CC=C)CCN3CCOCC3)C23CC[C@@]1(C)O3. The Labute approximate surface area is 219 Å². The molecule has 0 aromatic heterocycles. The smallest absolute Gasteiger partial charge is 0.313 e. The van der Waals surface area contributed by atoms with Gasteiger partial charge in [0.2, 0.25) is 11.8 Å². The zero-order valence-electron chi connectivity index (χ0n) is 21.9. The van der Waals surface area contributed by atoms with Crippen molar-refractivity contribution < 1.29 is 33.7 Å². The van der Waals surface area contributed by atoms with Crippen LogP contribution < -0.4 is 0 Å². The number of rotatable bonds is 13. The van der Waals surface area contributed by atoms with E-state index in [2.05, 4.69) is 18.1 Å². The minimum atomic E-state index is -1.08. The minimum Gasteiger partial charge on any atom is -0.461 e. The zero-order chi connectivity index (χ0) is 26.6. The summed E-state index contributed by atoms with van der Waals surface area (Å²) in [5.74, 6) is -2.48. The monoisotopic (exact) mass is 519 g/mol. The van der Waals surface area contributed by atoms with Crippen LogP contribution in [0.2, 0.25) is 0 Å². The zero-order valence-corrected chi connectivity index (χ0v) is 21.9. The summed E-state index contributed by atoms with van der Waals surface area (Å²) in [7, 11) is 0. The van der Waals surface area contributed by atoms with E-state index in [-0.39, 0.29) is 25.0 Å². The van der Waals surface area contributed by atoms with Crippen molar-refractivity contribution in [1.82, 2.24) is 14.7 Å². The van der Waals surface area contributed by atoms with Crippen molar-refractivity contribution in [2.45, 2.75) is 49.9 Å². The molecule has 5 atom stereocenters. The molecule has 4 fully saturated rings. The lowest BCUT2D eigenvalue weighted by atomic mass is 9.66. The van der Waals surface area contributed by atoms with Crippen LogP contribution in [-0.4, -0.2) is 121 Å². The van der Waals surface area contributed by atoms with Crippen molar-refractivity contribution in [3.8, 4) is 0 Å². The number of esters is 1. The quantitative estimate of drug-likeness (QED) is 0.214. The number of nitrogens with zero attached hydrogens (tertiary/aromatic N) is 3. The molecular formula is C27H41N3O7. The molecule has 0 aliphatic carbocycles. The molecule has 1 spiro atoms. The average molecular weight is 520 g/mol. The summed E-state index contributed by atoms with van der Waals surface area (Å²) < 4.78 is 17.5. The van der Waals surface area contributed by atoms with Gasteiger partial charge in [0.15, 0.2) is 0 Å². The van der Waals surface area contributed by atoms with Gasteiger partial charge in [-0.15, -0.1) is 6.58 Å². The van der Waals surface area contributed by atoms with Crippen LogP contribution in [0.1, 0.15) is 32.6 Å². The van der Waals surface area contributed by atoms with E-state index in [1.165, 1.54) is 6.08 Å². The molecule has 0 aromatic carbocycles. The van der Waals surface area contributed by atoms with Crippen LogP contribution >= 0.6 is 0 Å². The van der Waals surface area contributed by atoms with Crippen LogP contribution in [0.15, 0.2) is 25.3 Å². The summed E-state index contributed by atoms with van der Waals surface area (Å²) in [4.78, 5) is 47.0. The fraction of sp³-hybridized carbons (Fsp3) is 0.741. The fourth-order valence-electron chi connectivity index (χ4n) is 6.64. The van der Waals surface area contributed by atoms with E-state index in [9.17, 15) is 19.5 Å². The minimum absolute atomic E-state index is 0.00241. The van der Waals surface area contributed by atoms with Crippen LogP contribution in [0.4, 0.5) is 0 Å². The standard InChI is InChI=1S/C27H41N3O7/c1-4-10-29(13-12-28-14-18-35-19-15-28)24(33)22-27-9-8-26(3,37-27)21(25(34)36-17-5-2)20(27)23(32)30(22)11-6-7-16-31/h4-5,20-22,31H,1-2,6-19H2,3H3/t20-,21-,22?,26+,27?/m0/s1. The summed E-state index contributed by atoms with van der Waals surface area (Å²) in [5, 5.41) is 9.33. The van der Waals surface area contributed by atoms with E-state index in [0.717, 1.165) is 13.1 Å². The first-order valence-corrected chi connectivity index (χ1v) is 13.4. The van der Waals surface area contributed by atoms with Gasteiger partial charge in [-0.25, -0.2) is 0 Å². The molecule has 2 amide bonds. The van der Waals surface area contributed by atoms with E-state index in [4.69, 9.17) is 14.2 Å². The number of hydrogen-bond donors (Lipinski definition) is 1. The highest BCUT2D eigenvalue weighted by Gasteiger charge is 2.78. The highest BCUT2D eigenvalue weighted by Crippen LogP contribution is 2.63. The number of amides is 2. The summed E-state index contributed by atoms with van der Waals surface area (Å²) in [6.45, 7) is 14.2. The first-order valence-electron chi connectivity index (χ1n) is 13.4. The molecule has 2 bridgehead atoms. The van der Waals surface area contributed by atoms with Gasteiger partial charge in [-0.3, -0.25) is 19.3 Å². The first kappa shape index (κ1) is 27.8. The van der Waals surface area contributed by atoms with E-state index in [1.54, 1.807) is 15.9 Å². The number of aliphatic hydroxyl groups is 1. The van der Waals surface area contributed by atoms with Gasteiger partial charge in [0.05, 0.1) is 24.7 Å². The van der Waals surface area contributed by atoms with Crippen molar-refractivity contribution in [3.05, 3.63) is 25.3 Å². The maximum absolute atomic E-state index is 14.3. The van der Waals surface area contributed by atoms with Crippen molar-refractivity contribution in [1.29, 1.82) is 0 Å². The number of carbonyl (C=O) groups excluding carboxylic acids is 3. The molecule has 10 heteroatoms. The Kier molecular flexibility index (Phi) is 8.73. The van der Waals surface area contributed by atoms with E-state index in [1.807, 2.05) is 6.92 Å². The lowest BCUT2D eigenvalue weighted by molar-refractivity contribution is -0.159. The highest BCUT2D eigenvalue weighted by molar-refractivity contribution is 5.98. The molecule has 4 heterocycles. The van der Waals surface area contributed by atoms with Crippen LogP contribution in [0.25, 0.3) is 0 Å². The Morgan fingerprint density at radius 3 is 2.62 bits per heavy atom. The number of morpholine rings is 1. The third kappa shape index (κ3) is 5.08. The molecule has 37 heavy (non-hydrogen) atoms. The number of fused-ring (bicyclic) bond motifs is 1. The maximum atomic E-state index is 14.3. The normalized spacial score (nSPS) is 32.9. The second-order valence-electron chi connectivity index (χ2n) is 10.6. The summed E-state index contributed by atoms with van der Waals surface area (Å²) in [6, 6.07) is -0.840. The summed E-state index contributed by atoms with van der Waals surface area (Å²) in [5.41, 5.74) is -1.95. The lowest BCUT2D eigenvalue weighted by Crippen LogP contribution is -2.57. The second-order valence-corrected chi connectivity index (χ2v) is 10.6. The second kappa shape index (κ2) is 11.6. The van der Waals surface area contributed by atoms with Gasteiger partial charge in [0.1, 0.15) is 24.2 Å². The highest BCUT2D eigenvalue weighted by atomic mass is 16.6. The Morgan fingerprint density at radius 1 is 1.19 bits per heavy atom. The largest absolute Gasteiger partial charge is 0.461 e. The summed E-state index contributed by atoms with van der Waals surface area (Å²) in [6.07, 6.45) is 5.34. The van der Waals surface area contributed by atoms with Crippen LogP contribution in [0, 0.1) is 11.8 Å². The van der Waals surface area contributed by atoms with Gasteiger partial charge in [-0.1, -0.05) is 18.7 Å². The number of likely N-dealkylation sites (tertiary alicyclic amines) is 1. The predicted molar refractivity (Wildman–Crippen MR) is 135 cm³/mol. The molecule has 1 N–H and O–H groups in total. The Hall–Kier alpha value is -2.27. The topological polar surface area (TPSA) is 109 Å². The van der Waals surface area contributed by atoms with Crippen molar-refractivity contribution in [3.63, 3.8) is 0 Å². The number of unbranched alkanes of at least 4 members (excludes halogenated alkanes) is 1.